The smallest absolute Gasteiger partial charge is 0.322 e. The quantitative estimate of drug-likeness (QED) is 0.625. The Morgan fingerprint density at radius 1 is 1.06 bits per heavy atom. The van der Waals surface area contributed by atoms with Crippen LogP contribution in [0.4, 0.5) is 6.01 Å². The average Bonchev–Trinajstić information content (AvgIpc) is 3.21. The van der Waals surface area contributed by atoms with Crippen LogP contribution < -0.4 is 5.32 Å². The Labute approximate surface area is 187 Å². The van der Waals surface area contributed by atoms with Gasteiger partial charge in [0.25, 0.3) is 5.91 Å². The summed E-state index contributed by atoms with van der Waals surface area (Å²) in [5.41, 5.74) is 2.10. The van der Waals surface area contributed by atoms with Crippen molar-refractivity contribution in [1.82, 2.24) is 14.5 Å². The van der Waals surface area contributed by atoms with E-state index in [0.717, 1.165) is 17.5 Å². The normalized spacial score (nSPS) is 19.6. The zero-order valence-electron chi connectivity index (χ0n) is 18.3. The predicted octanol–water partition coefficient (Wildman–Crippen LogP) is 3.96. The summed E-state index contributed by atoms with van der Waals surface area (Å²) in [4.78, 5) is 12.7. The number of carbonyl (C=O) groups is 1. The summed E-state index contributed by atoms with van der Waals surface area (Å²) < 4.78 is 33.1. The Balaban J connectivity index is 1.46. The molecule has 0 radical (unpaired) electrons. The lowest BCUT2D eigenvalue weighted by Crippen LogP contribution is -2.42. The molecule has 9 heteroatoms. The van der Waals surface area contributed by atoms with Crippen molar-refractivity contribution in [3.63, 3.8) is 0 Å². The van der Waals surface area contributed by atoms with E-state index >= 15 is 0 Å². The predicted molar refractivity (Wildman–Crippen MR) is 121 cm³/mol. The van der Waals surface area contributed by atoms with Crippen LogP contribution in [0.3, 0.4) is 0 Å². The van der Waals surface area contributed by atoms with Gasteiger partial charge in [-0.05, 0) is 61.6 Å². The van der Waals surface area contributed by atoms with Crippen molar-refractivity contribution in [1.29, 1.82) is 0 Å². The number of aromatic nitrogens is 2. The van der Waals surface area contributed by atoms with Crippen LogP contribution in [0.1, 0.15) is 36.2 Å². The lowest BCUT2D eigenvalue weighted by atomic mass is 9.94. The molecule has 0 unspecified atom stereocenters. The molecule has 1 fully saturated rings. The van der Waals surface area contributed by atoms with E-state index in [1.165, 1.54) is 28.6 Å². The van der Waals surface area contributed by atoms with Gasteiger partial charge in [-0.1, -0.05) is 36.6 Å². The fourth-order valence-corrected chi connectivity index (χ4v) is 5.75. The highest BCUT2D eigenvalue weighted by Gasteiger charge is 2.31. The van der Waals surface area contributed by atoms with E-state index < -0.39 is 15.9 Å². The number of hydrogen-bond donors (Lipinski definition) is 1. The lowest BCUT2D eigenvalue weighted by molar-refractivity contribution is 0.102. The second kappa shape index (κ2) is 8.84. The first-order chi connectivity index (χ1) is 15.2. The highest BCUT2D eigenvalue weighted by Crippen LogP contribution is 2.27. The Morgan fingerprint density at radius 3 is 2.41 bits per heavy atom. The number of hydrogen-bond acceptors (Lipinski definition) is 6. The number of amides is 1. The molecule has 0 aliphatic carbocycles. The topological polar surface area (TPSA) is 105 Å². The molecule has 1 aliphatic heterocycles. The third kappa shape index (κ3) is 4.73. The van der Waals surface area contributed by atoms with Gasteiger partial charge in [-0.15, -0.1) is 5.10 Å². The summed E-state index contributed by atoms with van der Waals surface area (Å²) in [5.74, 6) is 0.472. The van der Waals surface area contributed by atoms with E-state index in [1.54, 1.807) is 0 Å². The Bertz CT molecular complexity index is 1210. The van der Waals surface area contributed by atoms with Crippen molar-refractivity contribution in [2.24, 2.45) is 11.8 Å². The fraction of sp³-hybridized carbons (Fsp3) is 0.348. The monoisotopic (exact) mass is 454 g/mol. The molecule has 1 N–H and O–H groups in total. The maximum atomic E-state index is 13.0. The molecule has 1 saturated heterocycles. The minimum atomic E-state index is -3.60. The number of benzene rings is 2. The summed E-state index contributed by atoms with van der Waals surface area (Å²) >= 11 is 0. The van der Waals surface area contributed by atoms with Crippen LogP contribution in [-0.4, -0.2) is 41.9 Å². The number of nitrogens with zero attached hydrogens (tertiary/aromatic N) is 3. The number of sulfonamides is 1. The molecular formula is C23H26N4O4S. The SMILES string of the molecule is Cc1cccc(-c2nnc(NC(=O)c3ccc(S(=O)(=O)N4C[C@H](C)C[C@H](C)C4)cc3)o2)c1. The van der Waals surface area contributed by atoms with Gasteiger partial charge in [0.1, 0.15) is 0 Å². The van der Waals surface area contributed by atoms with Gasteiger partial charge in [-0.25, -0.2) is 8.42 Å². The summed E-state index contributed by atoms with van der Waals surface area (Å²) in [7, 11) is -3.60. The molecule has 168 valence electrons. The van der Waals surface area contributed by atoms with E-state index in [2.05, 4.69) is 29.4 Å². The first kappa shape index (κ1) is 22.2. The minimum Gasteiger partial charge on any atom is -0.403 e. The molecular weight excluding hydrogens is 428 g/mol. The molecule has 8 nitrogen and oxygen atoms in total. The fourth-order valence-electron chi connectivity index (χ4n) is 4.07. The summed E-state index contributed by atoms with van der Waals surface area (Å²) in [6.45, 7) is 7.10. The number of piperidine rings is 1. The van der Waals surface area contributed by atoms with Crippen LogP contribution in [0, 0.1) is 18.8 Å². The number of rotatable bonds is 5. The van der Waals surface area contributed by atoms with Gasteiger partial charge in [0, 0.05) is 24.2 Å². The summed E-state index contributed by atoms with van der Waals surface area (Å²) in [5, 5.41) is 10.4. The standard InChI is InChI=1S/C23H26N4O4S/c1-15-5-4-6-19(12-15)22-25-26-23(31-22)24-21(28)18-7-9-20(10-8-18)32(29,30)27-13-16(2)11-17(3)14-27/h4-10,12,16-17H,11,13-14H2,1-3H3,(H,24,26,28)/t16-,17+. The molecule has 32 heavy (non-hydrogen) atoms. The molecule has 2 heterocycles. The molecule has 4 rings (SSSR count). The van der Waals surface area contributed by atoms with E-state index in [9.17, 15) is 13.2 Å². The van der Waals surface area contributed by atoms with E-state index in [-0.39, 0.29) is 10.9 Å². The number of anilines is 1. The van der Waals surface area contributed by atoms with E-state index in [4.69, 9.17) is 4.42 Å². The molecule has 1 aliphatic rings. The van der Waals surface area contributed by atoms with Gasteiger partial charge in [-0.3, -0.25) is 10.1 Å². The molecule has 0 bridgehead atoms. The maximum absolute atomic E-state index is 13.0. The largest absolute Gasteiger partial charge is 0.403 e. The van der Waals surface area contributed by atoms with Gasteiger partial charge < -0.3 is 4.42 Å². The number of aryl methyl sites for hydroxylation is 1. The van der Waals surface area contributed by atoms with E-state index in [0.29, 0.717) is 36.4 Å². The first-order valence-corrected chi connectivity index (χ1v) is 12.0. The number of nitrogens with one attached hydrogen (secondary N) is 1. The second-order valence-electron chi connectivity index (χ2n) is 8.53. The van der Waals surface area contributed by atoms with Crippen molar-refractivity contribution in [3.05, 3.63) is 59.7 Å². The van der Waals surface area contributed by atoms with Crippen LogP contribution in [0.25, 0.3) is 11.5 Å². The van der Waals surface area contributed by atoms with E-state index in [1.807, 2.05) is 31.2 Å². The van der Waals surface area contributed by atoms with Crippen LogP contribution in [0.2, 0.25) is 0 Å². The highest BCUT2D eigenvalue weighted by atomic mass is 32.2. The van der Waals surface area contributed by atoms with Crippen molar-refractivity contribution >= 4 is 21.9 Å². The summed E-state index contributed by atoms with van der Waals surface area (Å²) in [6, 6.07) is 13.4. The molecule has 0 spiro atoms. The average molecular weight is 455 g/mol. The summed E-state index contributed by atoms with van der Waals surface area (Å²) in [6.07, 6.45) is 1.02. The van der Waals surface area contributed by atoms with Gasteiger partial charge in [0.15, 0.2) is 0 Å². The number of carbonyl (C=O) groups excluding carboxylic acids is 1. The van der Waals surface area contributed by atoms with Crippen LogP contribution in [0.5, 0.6) is 0 Å². The molecule has 0 saturated carbocycles. The lowest BCUT2D eigenvalue weighted by Gasteiger charge is -2.34. The molecule has 1 aromatic heterocycles. The molecule has 1 amide bonds. The third-order valence-electron chi connectivity index (χ3n) is 5.50. The van der Waals surface area contributed by atoms with Crippen LogP contribution in [-0.2, 0) is 10.0 Å². The Morgan fingerprint density at radius 2 is 1.75 bits per heavy atom. The van der Waals surface area contributed by atoms with Crippen LogP contribution in [0.15, 0.2) is 57.8 Å². The minimum absolute atomic E-state index is 0.0282. The first-order valence-electron chi connectivity index (χ1n) is 10.5. The molecule has 2 atom stereocenters. The van der Waals surface area contributed by atoms with Crippen molar-refractivity contribution in [2.75, 3.05) is 18.4 Å². The maximum Gasteiger partial charge on any atom is 0.322 e. The zero-order valence-corrected chi connectivity index (χ0v) is 19.1. The third-order valence-corrected chi connectivity index (χ3v) is 7.35. The second-order valence-corrected chi connectivity index (χ2v) is 10.5. The van der Waals surface area contributed by atoms with Crippen LogP contribution >= 0.6 is 0 Å². The molecule has 2 aromatic carbocycles. The van der Waals surface area contributed by atoms with Gasteiger partial charge >= 0.3 is 6.01 Å². The van der Waals surface area contributed by atoms with Gasteiger partial charge in [-0.2, -0.15) is 4.31 Å². The van der Waals surface area contributed by atoms with Gasteiger partial charge in [0.2, 0.25) is 15.9 Å². The highest BCUT2D eigenvalue weighted by molar-refractivity contribution is 7.89. The Hall–Kier alpha value is -3.04. The Kier molecular flexibility index (Phi) is 6.12. The molecule has 3 aromatic rings. The zero-order chi connectivity index (χ0) is 22.9. The van der Waals surface area contributed by atoms with Crippen molar-refractivity contribution in [2.45, 2.75) is 32.1 Å². The van der Waals surface area contributed by atoms with Crippen molar-refractivity contribution in [3.8, 4) is 11.5 Å². The van der Waals surface area contributed by atoms with Crippen molar-refractivity contribution < 1.29 is 17.6 Å². The van der Waals surface area contributed by atoms with Gasteiger partial charge in [0.05, 0.1) is 4.90 Å².